The Morgan fingerprint density at radius 3 is 2.55 bits per heavy atom. The molecule has 1 aliphatic heterocycles. The SMILES string of the molecule is O=C(Cc1ccc(F)c(Br)c1)NCCN1C(=O)S/C(=C\c2ccc(F)cc2)C1=O. The number of thioether (sulfide) groups is 1. The lowest BCUT2D eigenvalue weighted by Crippen LogP contribution is -2.37. The van der Waals surface area contributed by atoms with E-state index >= 15 is 0 Å². The molecular formula is C20H15BrF2N2O3S. The zero-order valence-corrected chi connectivity index (χ0v) is 17.4. The summed E-state index contributed by atoms with van der Waals surface area (Å²) in [6.45, 7) is 0.132. The predicted octanol–water partition coefficient (Wildman–Crippen LogP) is 4.12. The van der Waals surface area contributed by atoms with Gasteiger partial charge in [-0.2, -0.15) is 0 Å². The third-order valence-electron chi connectivity index (χ3n) is 4.05. The van der Waals surface area contributed by atoms with Gasteiger partial charge in [0.2, 0.25) is 5.91 Å². The molecule has 1 fully saturated rings. The number of hydrogen-bond acceptors (Lipinski definition) is 4. The minimum absolute atomic E-state index is 0.0320. The molecule has 1 saturated heterocycles. The smallest absolute Gasteiger partial charge is 0.293 e. The van der Waals surface area contributed by atoms with E-state index in [1.165, 1.54) is 48.5 Å². The number of amides is 3. The van der Waals surface area contributed by atoms with Crippen LogP contribution in [0.25, 0.3) is 6.08 Å². The number of carbonyl (C=O) groups excluding carboxylic acids is 3. The number of nitrogens with zero attached hydrogens (tertiary/aromatic N) is 1. The summed E-state index contributed by atoms with van der Waals surface area (Å²) < 4.78 is 26.5. The van der Waals surface area contributed by atoms with Gasteiger partial charge in [-0.15, -0.1) is 0 Å². The molecule has 5 nitrogen and oxygen atoms in total. The maximum atomic E-state index is 13.2. The van der Waals surface area contributed by atoms with Crippen LogP contribution in [0, 0.1) is 11.6 Å². The van der Waals surface area contributed by atoms with Crippen LogP contribution in [0.5, 0.6) is 0 Å². The monoisotopic (exact) mass is 480 g/mol. The molecule has 2 aromatic rings. The molecule has 0 spiro atoms. The standard InChI is InChI=1S/C20H15BrF2N2O3S/c21-15-9-13(3-6-16(15)23)11-18(26)24-7-8-25-19(27)17(29-20(25)28)10-12-1-4-14(22)5-2-12/h1-6,9-10H,7-8,11H2,(H,24,26)/b17-10-. The molecule has 0 bridgehead atoms. The first kappa shape index (κ1) is 21.2. The number of hydrogen-bond donors (Lipinski definition) is 1. The van der Waals surface area contributed by atoms with Crippen LogP contribution in [0.4, 0.5) is 13.6 Å². The van der Waals surface area contributed by atoms with Gasteiger partial charge in [0, 0.05) is 13.1 Å². The topological polar surface area (TPSA) is 66.5 Å². The number of rotatable bonds is 6. The highest BCUT2D eigenvalue weighted by Gasteiger charge is 2.34. The van der Waals surface area contributed by atoms with Crippen LogP contribution in [0.3, 0.4) is 0 Å². The number of imide groups is 1. The van der Waals surface area contributed by atoms with Crippen LogP contribution in [-0.2, 0) is 16.0 Å². The van der Waals surface area contributed by atoms with Gasteiger partial charge in [-0.25, -0.2) is 8.78 Å². The fraction of sp³-hybridized carbons (Fsp3) is 0.150. The van der Waals surface area contributed by atoms with Crippen LogP contribution >= 0.6 is 27.7 Å². The minimum atomic E-state index is -0.457. The van der Waals surface area contributed by atoms with Crippen LogP contribution in [0.1, 0.15) is 11.1 Å². The lowest BCUT2D eigenvalue weighted by Gasteiger charge is -2.13. The Kier molecular flexibility index (Phi) is 6.81. The van der Waals surface area contributed by atoms with E-state index in [1.54, 1.807) is 0 Å². The first-order valence-corrected chi connectivity index (χ1v) is 10.2. The average Bonchev–Trinajstić information content (AvgIpc) is 2.94. The second-order valence-corrected chi connectivity index (χ2v) is 8.01. The largest absolute Gasteiger partial charge is 0.354 e. The maximum Gasteiger partial charge on any atom is 0.293 e. The molecule has 29 heavy (non-hydrogen) atoms. The highest BCUT2D eigenvalue weighted by molar-refractivity contribution is 9.10. The zero-order chi connectivity index (χ0) is 21.0. The average molecular weight is 481 g/mol. The third-order valence-corrected chi connectivity index (χ3v) is 5.56. The summed E-state index contributed by atoms with van der Waals surface area (Å²) in [5, 5.41) is 2.21. The quantitative estimate of drug-likeness (QED) is 0.631. The summed E-state index contributed by atoms with van der Waals surface area (Å²) in [6, 6.07) is 9.85. The van der Waals surface area contributed by atoms with E-state index < -0.39 is 17.0 Å². The highest BCUT2D eigenvalue weighted by Crippen LogP contribution is 2.31. The summed E-state index contributed by atoms with van der Waals surface area (Å²) in [7, 11) is 0. The summed E-state index contributed by atoms with van der Waals surface area (Å²) in [5.74, 6) is -1.57. The van der Waals surface area contributed by atoms with Crippen molar-refractivity contribution in [2.24, 2.45) is 0 Å². The van der Waals surface area contributed by atoms with Crippen molar-refractivity contribution in [2.45, 2.75) is 6.42 Å². The maximum absolute atomic E-state index is 13.2. The Bertz CT molecular complexity index is 996. The van der Waals surface area contributed by atoms with E-state index in [1.807, 2.05) is 0 Å². The van der Waals surface area contributed by atoms with Crippen molar-refractivity contribution in [2.75, 3.05) is 13.1 Å². The highest BCUT2D eigenvalue weighted by atomic mass is 79.9. The molecule has 0 radical (unpaired) electrons. The lowest BCUT2D eigenvalue weighted by molar-refractivity contribution is -0.124. The van der Waals surface area contributed by atoms with E-state index in [2.05, 4.69) is 21.2 Å². The molecule has 0 aliphatic carbocycles. The van der Waals surface area contributed by atoms with Gasteiger partial charge in [0.1, 0.15) is 11.6 Å². The van der Waals surface area contributed by atoms with Crippen LogP contribution in [0.2, 0.25) is 0 Å². The van der Waals surface area contributed by atoms with Gasteiger partial charge in [-0.1, -0.05) is 18.2 Å². The molecule has 0 unspecified atom stereocenters. The lowest BCUT2D eigenvalue weighted by atomic mass is 10.1. The Morgan fingerprint density at radius 1 is 1.14 bits per heavy atom. The fourth-order valence-corrected chi connectivity index (χ4v) is 3.90. The van der Waals surface area contributed by atoms with E-state index in [4.69, 9.17) is 0 Å². The summed E-state index contributed by atoms with van der Waals surface area (Å²) >= 11 is 3.86. The zero-order valence-electron chi connectivity index (χ0n) is 15.0. The van der Waals surface area contributed by atoms with Crippen LogP contribution in [-0.4, -0.2) is 35.0 Å². The van der Waals surface area contributed by atoms with Gasteiger partial charge in [-0.05, 0) is 69.2 Å². The van der Waals surface area contributed by atoms with E-state index in [9.17, 15) is 23.2 Å². The van der Waals surface area contributed by atoms with Crippen molar-refractivity contribution in [3.8, 4) is 0 Å². The molecule has 0 saturated carbocycles. The van der Waals surface area contributed by atoms with E-state index in [0.29, 0.717) is 11.1 Å². The molecule has 0 aromatic heterocycles. The third kappa shape index (κ3) is 5.51. The van der Waals surface area contributed by atoms with E-state index in [0.717, 1.165) is 16.7 Å². The minimum Gasteiger partial charge on any atom is -0.354 e. The molecule has 150 valence electrons. The second kappa shape index (κ2) is 9.32. The van der Waals surface area contributed by atoms with Gasteiger partial charge in [-0.3, -0.25) is 19.3 Å². The summed E-state index contributed by atoms with van der Waals surface area (Å²) in [4.78, 5) is 37.8. The van der Waals surface area contributed by atoms with Gasteiger partial charge in [0.05, 0.1) is 15.8 Å². The predicted molar refractivity (Wildman–Crippen MR) is 110 cm³/mol. The Hall–Kier alpha value is -2.52. The van der Waals surface area contributed by atoms with Crippen molar-refractivity contribution in [3.63, 3.8) is 0 Å². The molecule has 9 heteroatoms. The molecule has 1 N–H and O–H groups in total. The molecule has 3 rings (SSSR count). The van der Waals surface area contributed by atoms with E-state index in [-0.39, 0.29) is 40.6 Å². The van der Waals surface area contributed by atoms with Crippen LogP contribution in [0.15, 0.2) is 51.8 Å². The first-order valence-electron chi connectivity index (χ1n) is 8.55. The van der Waals surface area contributed by atoms with Gasteiger partial charge in [0.15, 0.2) is 0 Å². The number of benzene rings is 2. The number of halogens is 3. The van der Waals surface area contributed by atoms with Crippen molar-refractivity contribution >= 4 is 50.8 Å². The van der Waals surface area contributed by atoms with Gasteiger partial charge in [0.25, 0.3) is 11.1 Å². The number of carbonyl (C=O) groups is 3. The van der Waals surface area contributed by atoms with Gasteiger partial charge < -0.3 is 5.32 Å². The van der Waals surface area contributed by atoms with Crippen molar-refractivity contribution in [1.29, 1.82) is 0 Å². The summed E-state index contributed by atoms with van der Waals surface area (Å²) in [5.41, 5.74) is 1.24. The molecule has 3 amide bonds. The van der Waals surface area contributed by atoms with Crippen molar-refractivity contribution in [3.05, 3.63) is 74.6 Å². The van der Waals surface area contributed by atoms with Crippen LogP contribution < -0.4 is 5.32 Å². The first-order chi connectivity index (χ1) is 13.8. The van der Waals surface area contributed by atoms with Crippen molar-refractivity contribution < 1.29 is 23.2 Å². The Balaban J connectivity index is 1.53. The molecule has 1 aliphatic rings. The number of nitrogens with one attached hydrogen (secondary N) is 1. The molecule has 0 atom stereocenters. The van der Waals surface area contributed by atoms with Crippen molar-refractivity contribution in [1.82, 2.24) is 10.2 Å². The fourth-order valence-electron chi connectivity index (χ4n) is 2.61. The van der Waals surface area contributed by atoms with Gasteiger partial charge >= 0.3 is 0 Å². The normalized spacial score (nSPS) is 15.3. The molecule has 2 aromatic carbocycles. The Morgan fingerprint density at radius 2 is 1.86 bits per heavy atom. The molecular weight excluding hydrogens is 466 g/mol. The molecule has 1 heterocycles. The summed E-state index contributed by atoms with van der Waals surface area (Å²) in [6.07, 6.45) is 1.57. The Labute approximate surface area is 178 Å². The second-order valence-electron chi connectivity index (χ2n) is 6.16.